The molecule has 2 atom stereocenters. The second-order valence-corrected chi connectivity index (χ2v) is 3.90. The van der Waals surface area contributed by atoms with E-state index in [1.807, 2.05) is 0 Å². The Hall–Kier alpha value is -0.710. The fourth-order valence-electron chi connectivity index (χ4n) is 1.33. The molecule has 0 radical (unpaired) electrons. The van der Waals surface area contributed by atoms with Crippen molar-refractivity contribution >= 4 is 23.6 Å². The third-order valence-electron chi connectivity index (χ3n) is 2.08. The van der Waals surface area contributed by atoms with Crippen LogP contribution in [0.3, 0.4) is 0 Å². The van der Waals surface area contributed by atoms with Gasteiger partial charge >= 0.3 is 0 Å². The summed E-state index contributed by atoms with van der Waals surface area (Å²) < 4.78 is 0. The van der Waals surface area contributed by atoms with E-state index in [0.29, 0.717) is 0 Å². The number of rotatable bonds is 0. The third-order valence-corrected chi connectivity index (χ3v) is 3.63. The Morgan fingerprint density at radius 3 is 1.73 bits per heavy atom. The molecule has 2 fully saturated rings. The van der Waals surface area contributed by atoms with E-state index in [4.69, 9.17) is 0 Å². The maximum atomic E-state index is 11.2. The van der Waals surface area contributed by atoms with E-state index in [1.54, 1.807) is 14.1 Å². The number of fused-ring (bicyclic) bond motifs is 2. The molecule has 2 heterocycles. The summed E-state index contributed by atoms with van der Waals surface area (Å²) in [4.78, 5) is 25.5. The summed E-state index contributed by atoms with van der Waals surface area (Å²) in [6, 6.07) is 0. The summed E-state index contributed by atoms with van der Waals surface area (Å²) in [5.74, 6) is 0.0872. The second kappa shape index (κ2) is 1.91. The maximum Gasteiger partial charge on any atom is 0.257 e. The molecule has 5 heteroatoms. The first-order chi connectivity index (χ1) is 5.13. The molecule has 60 valence electrons. The predicted octanol–water partition coefficient (Wildman–Crippen LogP) is -0.684. The summed E-state index contributed by atoms with van der Waals surface area (Å²) in [6.45, 7) is 0. The van der Waals surface area contributed by atoms with Gasteiger partial charge in [-0.15, -0.1) is 0 Å². The van der Waals surface area contributed by atoms with Gasteiger partial charge in [0.15, 0.2) is 10.7 Å². The van der Waals surface area contributed by atoms with Gasteiger partial charge in [-0.2, -0.15) is 0 Å². The Balaban J connectivity index is 2.35. The van der Waals surface area contributed by atoms with E-state index in [-0.39, 0.29) is 22.6 Å². The van der Waals surface area contributed by atoms with Crippen LogP contribution in [0, 0.1) is 0 Å². The summed E-state index contributed by atoms with van der Waals surface area (Å²) in [7, 11) is 3.34. The summed E-state index contributed by atoms with van der Waals surface area (Å²) in [6.07, 6.45) is 0. The second-order valence-electron chi connectivity index (χ2n) is 2.74. The molecule has 2 aliphatic rings. The lowest BCUT2D eigenvalue weighted by Gasteiger charge is -2.26. The zero-order valence-electron chi connectivity index (χ0n) is 6.27. The molecule has 2 aliphatic heterocycles. The van der Waals surface area contributed by atoms with Crippen LogP contribution in [0.15, 0.2) is 0 Å². The number of likely N-dealkylation sites (N-methyl/N-ethyl adjacent to an activating group) is 2. The molecule has 2 bridgehead atoms. The molecular formula is C6H8N2O2S. The van der Waals surface area contributed by atoms with Crippen LogP contribution >= 0.6 is 11.8 Å². The van der Waals surface area contributed by atoms with Gasteiger partial charge in [0, 0.05) is 14.1 Å². The molecule has 0 N–H and O–H groups in total. The van der Waals surface area contributed by atoms with Crippen molar-refractivity contribution in [3.63, 3.8) is 0 Å². The van der Waals surface area contributed by atoms with Gasteiger partial charge < -0.3 is 9.80 Å². The molecule has 0 saturated carbocycles. The first kappa shape index (κ1) is 6.97. The monoisotopic (exact) mass is 172 g/mol. The topological polar surface area (TPSA) is 40.6 Å². The average Bonchev–Trinajstić information content (AvgIpc) is 2.40. The van der Waals surface area contributed by atoms with E-state index in [9.17, 15) is 9.59 Å². The molecule has 2 saturated heterocycles. The van der Waals surface area contributed by atoms with Crippen molar-refractivity contribution in [2.75, 3.05) is 14.1 Å². The molecule has 0 spiro atoms. The van der Waals surface area contributed by atoms with Gasteiger partial charge in [0.25, 0.3) is 11.8 Å². The van der Waals surface area contributed by atoms with Gasteiger partial charge in [-0.05, 0) is 0 Å². The molecule has 2 unspecified atom stereocenters. The van der Waals surface area contributed by atoms with Gasteiger partial charge in [0.2, 0.25) is 0 Å². The highest BCUT2D eigenvalue weighted by Crippen LogP contribution is 2.39. The first-order valence-electron chi connectivity index (χ1n) is 3.32. The molecule has 4 nitrogen and oxygen atoms in total. The predicted molar refractivity (Wildman–Crippen MR) is 40.7 cm³/mol. The maximum absolute atomic E-state index is 11.2. The largest absolute Gasteiger partial charge is 0.322 e. The van der Waals surface area contributed by atoms with Gasteiger partial charge in [-0.1, -0.05) is 11.8 Å². The molecule has 2 rings (SSSR count). The standard InChI is InChI=1S/C6H8N2O2S/c1-7-3(9)6-8(2)4(10)5(7)11-6/h5-6H,1-2H3. The summed E-state index contributed by atoms with van der Waals surface area (Å²) in [5.41, 5.74) is 0. The summed E-state index contributed by atoms with van der Waals surface area (Å²) in [5, 5.41) is -0.505. The van der Waals surface area contributed by atoms with Crippen LogP contribution in [0.1, 0.15) is 0 Å². The highest BCUT2D eigenvalue weighted by Gasteiger charge is 2.53. The Bertz CT molecular complexity index is 219. The molecule has 2 amide bonds. The minimum Gasteiger partial charge on any atom is -0.322 e. The Kier molecular flexibility index (Phi) is 1.21. The summed E-state index contributed by atoms with van der Waals surface area (Å²) >= 11 is 1.42. The smallest absolute Gasteiger partial charge is 0.257 e. The van der Waals surface area contributed by atoms with E-state index >= 15 is 0 Å². The average molecular weight is 172 g/mol. The number of amides is 2. The van der Waals surface area contributed by atoms with E-state index in [2.05, 4.69) is 0 Å². The molecule has 0 aromatic heterocycles. The molecule has 0 aromatic rings. The van der Waals surface area contributed by atoms with Crippen molar-refractivity contribution in [2.24, 2.45) is 0 Å². The van der Waals surface area contributed by atoms with Crippen LogP contribution in [-0.4, -0.2) is 46.5 Å². The van der Waals surface area contributed by atoms with Gasteiger partial charge in [0.05, 0.1) is 0 Å². The fraction of sp³-hybridized carbons (Fsp3) is 0.667. The van der Waals surface area contributed by atoms with Crippen LogP contribution in [0.2, 0.25) is 0 Å². The molecular weight excluding hydrogens is 164 g/mol. The van der Waals surface area contributed by atoms with Crippen molar-refractivity contribution in [2.45, 2.75) is 10.7 Å². The van der Waals surface area contributed by atoms with Crippen molar-refractivity contribution in [1.29, 1.82) is 0 Å². The number of piperazine rings is 1. The number of thioether (sulfide) groups is 1. The van der Waals surface area contributed by atoms with Crippen LogP contribution in [0.5, 0.6) is 0 Å². The van der Waals surface area contributed by atoms with Gasteiger partial charge in [0.1, 0.15) is 0 Å². The lowest BCUT2D eigenvalue weighted by molar-refractivity contribution is -0.147. The van der Waals surface area contributed by atoms with Gasteiger partial charge in [-0.3, -0.25) is 9.59 Å². The number of carbonyl (C=O) groups excluding carboxylic acids is 2. The van der Waals surface area contributed by atoms with Gasteiger partial charge in [-0.25, -0.2) is 0 Å². The van der Waals surface area contributed by atoms with E-state index in [0.717, 1.165) is 0 Å². The van der Waals surface area contributed by atoms with Crippen molar-refractivity contribution in [3.8, 4) is 0 Å². The molecule has 0 aliphatic carbocycles. The Morgan fingerprint density at radius 2 is 1.45 bits per heavy atom. The van der Waals surface area contributed by atoms with E-state index in [1.165, 1.54) is 21.6 Å². The van der Waals surface area contributed by atoms with Crippen molar-refractivity contribution in [3.05, 3.63) is 0 Å². The van der Waals surface area contributed by atoms with Crippen LogP contribution in [-0.2, 0) is 9.59 Å². The molecule has 11 heavy (non-hydrogen) atoms. The zero-order valence-corrected chi connectivity index (χ0v) is 7.09. The third kappa shape index (κ3) is 0.663. The van der Waals surface area contributed by atoms with Crippen LogP contribution in [0.4, 0.5) is 0 Å². The quantitative estimate of drug-likeness (QED) is 0.486. The number of nitrogens with zero attached hydrogens (tertiary/aromatic N) is 2. The van der Waals surface area contributed by atoms with Crippen molar-refractivity contribution in [1.82, 2.24) is 9.80 Å². The fourth-order valence-corrected chi connectivity index (χ4v) is 2.71. The minimum absolute atomic E-state index is 0.0436. The molecule has 0 aromatic carbocycles. The van der Waals surface area contributed by atoms with Crippen molar-refractivity contribution < 1.29 is 9.59 Å². The minimum atomic E-state index is -0.252. The Morgan fingerprint density at radius 1 is 1.09 bits per heavy atom. The number of carbonyl (C=O) groups is 2. The first-order valence-corrected chi connectivity index (χ1v) is 4.26. The number of hydrogen-bond acceptors (Lipinski definition) is 3. The highest BCUT2D eigenvalue weighted by atomic mass is 32.2. The Labute approximate surface area is 68.5 Å². The highest BCUT2D eigenvalue weighted by molar-refractivity contribution is 8.02. The zero-order chi connectivity index (χ0) is 8.17. The lowest BCUT2D eigenvalue weighted by atomic mass is 10.3. The van der Waals surface area contributed by atoms with Crippen LogP contribution < -0.4 is 0 Å². The van der Waals surface area contributed by atoms with E-state index < -0.39 is 0 Å². The van der Waals surface area contributed by atoms with Crippen LogP contribution in [0.25, 0.3) is 0 Å². The lowest BCUT2D eigenvalue weighted by Crippen LogP contribution is -2.50. The number of hydrogen-bond donors (Lipinski definition) is 0. The SMILES string of the molecule is CN1C(=O)C2SC1C(=O)N2C. The normalized spacial score (nSPS) is 35.8.